The molecule has 1 aromatic rings. The van der Waals surface area contributed by atoms with Crippen molar-refractivity contribution in [1.29, 1.82) is 0 Å². The van der Waals surface area contributed by atoms with Crippen molar-refractivity contribution < 1.29 is 13.2 Å². The summed E-state index contributed by atoms with van der Waals surface area (Å²) < 4.78 is 31.4. The molecule has 0 bridgehead atoms. The quantitative estimate of drug-likeness (QED) is 0.740. The van der Waals surface area contributed by atoms with Crippen molar-refractivity contribution in [3.05, 3.63) is 29.8 Å². The summed E-state index contributed by atoms with van der Waals surface area (Å²) in [5.74, 6) is 0. The van der Waals surface area contributed by atoms with Crippen molar-refractivity contribution in [3.8, 4) is 0 Å². The maximum Gasteiger partial charge on any atom is 0.240 e. The molecule has 0 radical (unpaired) electrons. The third-order valence-electron chi connectivity index (χ3n) is 2.86. The van der Waals surface area contributed by atoms with Crippen molar-refractivity contribution in [2.24, 2.45) is 0 Å². The van der Waals surface area contributed by atoms with Gasteiger partial charge in [-0.25, -0.2) is 13.1 Å². The topological polar surface area (TPSA) is 67.4 Å². The molecule has 19 heavy (non-hydrogen) atoms. The lowest BCUT2D eigenvalue weighted by atomic mass is 10.1. The van der Waals surface area contributed by atoms with Crippen LogP contribution in [0.3, 0.4) is 0 Å². The van der Waals surface area contributed by atoms with Crippen LogP contribution in [-0.4, -0.2) is 41.8 Å². The second-order valence-electron chi connectivity index (χ2n) is 4.23. The second kappa shape index (κ2) is 7.59. The predicted molar refractivity (Wildman–Crippen MR) is 75.7 cm³/mol. The van der Waals surface area contributed by atoms with Gasteiger partial charge in [0.2, 0.25) is 10.0 Å². The van der Waals surface area contributed by atoms with Crippen LogP contribution in [0.15, 0.2) is 29.2 Å². The second-order valence-corrected chi connectivity index (χ2v) is 6.08. The molecule has 5 nitrogen and oxygen atoms in total. The first-order valence-electron chi connectivity index (χ1n) is 6.29. The average molecular weight is 286 g/mol. The number of methoxy groups -OCH3 is 1. The highest BCUT2D eigenvalue weighted by molar-refractivity contribution is 7.89. The molecule has 0 aliphatic heterocycles. The zero-order valence-corrected chi connectivity index (χ0v) is 12.5. The number of nitrogens with one attached hydrogen (secondary N) is 2. The number of sulfonamides is 1. The van der Waals surface area contributed by atoms with Crippen LogP contribution in [0.5, 0.6) is 0 Å². The lowest BCUT2D eigenvalue weighted by molar-refractivity contribution is 0.166. The van der Waals surface area contributed by atoms with Crippen LogP contribution in [0.1, 0.15) is 12.5 Å². The molecule has 108 valence electrons. The fraction of sp³-hybridized carbons (Fsp3) is 0.538. The lowest BCUT2D eigenvalue weighted by Crippen LogP contribution is -2.35. The maximum atomic E-state index is 12.0. The Hall–Kier alpha value is -0.950. The van der Waals surface area contributed by atoms with Gasteiger partial charge in [-0.2, -0.15) is 0 Å². The Morgan fingerprint density at radius 3 is 2.58 bits per heavy atom. The van der Waals surface area contributed by atoms with E-state index in [2.05, 4.69) is 10.0 Å². The van der Waals surface area contributed by atoms with Gasteiger partial charge in [-0.1, -0.05) is 25.1 Å². The number of benzene rings is 1. The fourth-order valence-corrected chi connectivity index (χ4v) is 2.96. The van der Waals surface area contributed by atoms with Gasteiger partial charge in [-0.05, 0) is 31.6 Å². The molecule has 6 heteroatoms. The van der Waals surface area contributed by atoms with Gasteiger partial charge in [-0.15, -0.1) is 0 Å². The molecule has 1 aromatic carbocycles. The standard InChI is InChI=1S/C13H22N2O3S/c1-4-15-12(10-18-3)9-11-7-5-6-8-13(11)19(16,17)14-2/h5-8,12,14-15H,4,9-10H2,1-3H3. The molecule has 0 spiro atoms. The summed E-state index contributed by atoms with van der Waals surface area (Å²) in [6.45, 7) is 3.37. The van der Waals surface area contributed by atoms with E-state index in [1.165, 1.54) is 7.05 Å². The summed E-state index contributed by atoms with van der Waals surface area (Å²) in [5.41, 5.74) is 0.792. The molecule has 0 amide bonds. The molecule has 0 aromatic heterocycles. The Labute approximate surface area is 115 Å². The minimum absolute atomic E-state index is 0.100. The van der Waals surface area contributed by atoms with Gasteiger partial charge in [0.05, 0.1) is 11.5 Å². The van der Waals surface area contributed by atoms with Crippen molar-refractivity contribution in [1.82, 2.24) is 10.0 Å². The molecular weight excluding hydrogens is 264 g/mol. The Kier molecular flexibility index (Phi) is 6.44. The normalized spacial score (nSPS) is 13.4. The first kappa shape index (κ1) is 16.1. The van der Waals surface area contributed by atoms with E-state index in [4.69, 9.17) is 4.74 Å². The molecule has 0 saturated heterocycles. The van der Waals surface area contributed by atoms with Gasteiger partial charge in [0, 0.05) is 13.2 Å². The first-order chi connectivity index (χ1) is 9.05. The molecule has 1 unspecified atom stereocenters. The Morgan fingerprint density at radius 1 is 1.32 bits per heavy atom. The predicted octanol–water partition coefficient (Wildman–Crippen LogP) is 0.762. The highest BCUT2D eigenvalue weighted by atomic mass is 32.2. The molecule has 2 N–H and O–H groups in total. The Morgan fingerprint density at radius 2 is 2.00 bits per heavy atom. The SMILES string of the molecule is CCNC(COC)Cc1ccccc1S(=O)(=O)NC. The molecule has 0 aliphatic carbocycles. The summed E-state index contributed by atoms with van der Waals surface area (Å²) in [7, 11) is -0.364. The minimum atomic E-state index is -3.42. The third kappa shape index (κ3) is 4.58. The van der Waals surface area contributed by atoms with Gasteiger partial charge in [0.25, 0.3) is 0 Å². The molecule has 1 atom stereocenters. The van der Waals surface area contributed by atoms with E-state index in [0.717, 1.165) is 12.1 Å². The Balaban J connectivity index is 3.00. The summed E-state index contributed by atoms with van der Waals surface area (Å²) >= 11 is 0. The van der Waals surface area contributed by atoms with Crippen LogP contribution in [0.25, 0.3) is 0 Å². The number of ether oxygens (including phenoxy) is 1. The zero-order valence-electron chi connectivity index (χ0n) is 11.6. The maximum absolute atomic E-state index is 12.0. The molecule has 0 aliphatic rings. The van der Waals surface area contributed by atoms with E-state index < -0.39 is 10.0 Å². The monoisotopic (exact) mass is 286 g/mol. The van der Waals surface area contributed by atoms with E-state index in [9.17, 15) is 8.42 Å². The summed E-state index contributed by atoms with van der Waals surface area (Å²) in [5, 5.41) is 3.29. The van der Waals surface area contributed by atoms with Crippen molar-refractivity contribution in [2.75, 3.05) is 27.3 Å². The highest BCUT2D eigenvalue weighted by Gasteiger charge is 2.18. The first-order valence-corrected chi connectivity index (χ1v) is 7.77. The van der Waals surface area contributed by atoms with Gasteiger partial charge in [0.1, 0.15) is 0 Å². The number of hydrogen-bond acceptors (Lipinski definition) is 4. The van der Waals surface area contributed by atoms with Crippen LogP contribution in [0, 0.1) is 0 Å². The van der Waals surface area contributed by atoms with Crippen LogP contribution in [0.2, 0.25) is 0 Å². The van der Waals surface area contributed by atoms with Crippen LogP contribution >= 0.6 is 0 Å². The van der Waals surface area contributed by atoms with Gasteiger partial charge in [0.15, 0.2) is 0 Å². The number of rotatable bonds is 8. The van der Waals surface area contributed by atoms with Gasteiger partial charge in [-0.3, -0.25) is 0 Å². The molecule has 0 fully saturated rings. The summed E-state index contributed by atoms with van der Waals surface area (Å²) in [6.07, 6.45) is 0.610. The van der Waals surface area contributed by atoms with Crippen molar-refractivity contribution in [2.45, 2.75) is 24.3 Å². The van der Waals surface area contributed by atoms with Crippen molar-refractivity contribution in [3.63, 3.8) is 0 Å². The van der Waals surface area contributed by atoms with E-state index >= 15 is 0 Å². The molecule has 0 heterocycles. The smallest absolute Gasteiger partial charge is 0.240 e. The summed E-state index contributed by atoms with van der Waals surface area (Å²) in [4.78, 5) is 0.330. The fourth-order valence-electron chi connectivity index (χ4n) is 1.99. The van der Waals surface area contributed by atoms with Crippen molar-refractivity contribution >= 4 is 10.0 Å². The van der Waals surface area contributed by atoms with Crippen LogP contribution in [-0.2, 0) is 21.2 Å². The third-order valence-corrected chi connectivity index (χ3v) is 4.37. The van der Waals surface area contributed by atoms with E-state index in [1.807, 2.05) is 19.1 Å². The molecule has 1 rings (SSSR count). The Bertz CT molecular complexity index is 482. The molecule has 0 saturated carbocycles. The minimum Gasteiger partial charge on any atom is -0.383 e. The van der Waals surface area contributed by atoms with Crippen LogP contribution < -0.4 is 10.0 Å². The highest BCUT2D eigenvalue weighted by Crippen LogP contribution is 2.16. The lowest BCUT2D eigenvalue weighted by Gasteiger charge is -2.18. The van der Waals surface area contributed by atoms with E-state index in [1.54, 1.807) is 19.2 Å². The number of likely N-dealkylation sites (N-methyl/N-ethyl adjacent to an activating group) is 1. The summed E-state index contributed by atoms with van der Waals surface area (Å²) in [6, 6.07) is 7.14. The van der Waals surface area contributed by atoms with E-state index in [0.29, 0.717) is 17.9 Å². The zero-order chi connectivity index (χ0) is 14.3. The van der Waals surface area contributed by atoms with Gasteiger partial charge >= 0.3 is 0 Å². The van der Waals surface area contributed by atoms with Gasteiger partial charge < -0.3 is 10.1 Å². The van der Waals surface area contributed by atoms with Crippen LogP contribution in [0.4, 0.5) is 0 Å². The average Bonchev–Trinajstić information content (AvgIpc) is 2.40. The number of hydrogen-bond donors (Lipinski definition) is 2. The largest absolute Gasteiger partial charge is 0.383 e. The van der Waals surface area contributed by atoms with E-state index in [-0.39, 0.29) is 6.04 Å². The molecular formula is C13H22N2O3S.